The van der Waals surface area contributed by atoms with Crippen molar-refractivity contribution >= 4 is 35.2 Å². The summed E-state index contributed by atoms with van der Waals surface area (Å²) < 4.78 is 0. The fourth-order valence-corrected chi connectivity index (χ4v) is 2.92. The van der Waals surface area contributed by atoms with Gasteiger partial charge in [-0.15, -0.1) is 35.5 Å². The summed E-state index contributed by atoms with van der Waals surface area (Å²) in [5.41, 5.74) is 0.547. The van der Waals surface area contributed by atoms with E-state index in [0.29, 0.717) is 32.3 Å². The second kappa shape index (κ2) is 4.92. The summed E-state index contributed by atoms with van der Waals surface area (Å²) >= 11 is 2.24. The Morgan fingerprint density at radius 1 is 0.889 bits per heavy atom. The summed E-state index contributed by atoms with van der Waals surface area (Å²) in [6.07, 6.45) is 11.8. The standard InChI is InChI=1S/C12H4N2O2S2/c1-3-7-9(5-15)17-11(13-7)12-14-8(4-2)10(6-16)18-12/h1-2,5-6H. The first-order chi connectivity index (χ1) is 8.73. The first-order valence-corrected chi connectivity index (χ1v) is 6.22. The number of aromatic nitrogens is 2. The zero-order valence-electron chi connectivity index (χ0n) is 8.84. The third-order valence-electron chi connectivity index (χ3n) is 1.98. The Bertz CT molecular complexity index is 651. The van der Waals surface area contributed by atoms with Crippen LogP contribution < -0.4 is 0 Å². The lowest BCUT2D eigenvalue weighted by molar-refractivity contribution is 0.111. The van der Waals surface area contributed by atoms with Gasteiger partial charge in [-0.1, -0.05) is 0 Å². The molecule has 0 fully saturated rings. The molecule has 0 N–H and O–H groups in total. The second-order valence-electron chi connectivity index (χ2n) is 2.99. The van der Waals surface area contributed by atoms with Crippen LogP contribution in [0, 0.1) is 24.7 Å². The largest absolute Gasteiger partial charge is 0.297 e. The van der Waals surface area contributed by atoms with Gasteiger partial charge in [0.25, 0.3) is 0 Å². The molecule has 0 aliphatic heterocycles. The molecule has 2 rings (SSSR count). The van der Waals surface area contributed by atoms with E-state index in [-0.39, 0.29) is 11.4 Å². The summed E-state index contributed by atoms with van der Waals surface area (Å²) in [5.74, 6) is 4.64. The minimum absolute atomic E-state index is 0.273. The van der Waals surface area contributed by atoms with Gasteiger partial charge in [0.05, 0.1) is 0 Å². The van der Waals surface area contributed by atoms with Crippen molar-refractivity contribution in [1.82, 2.24) is 9.97 Å². The molecule has 0 bridgehead atoms. The summed E-state index contributed by atoms with van der Waals surface area (Å²) in [5, 5.41) is 0.972. The van der Waals surface area contributed by atoms with Crippen molar-refractivity contribution in [2.24, 2.45) is 0 Å². The van der Waals surface area contributed by atoms with Crippen LogP contribution in [0.5, 0.6) is 0 Å². The first kappa shape index (κ1) is 12.2. The number of nitrogens with zero attached hydrogens (tertiary/aromatic N) is 2. The molecular formula is C12H4N2O2S2. The molecule has 0 aliphatic rings. The number of hydrogen-bond donors (Lipinski definition) is 0. The van der Waals surface area contributed by atoms with Crippen LogP contribution in [0.1, 0.15) is 30.7 Å². The number of terminal acetylenes is 2. The van der Waals surface area contributed by atoms with Gasteiger partial charge >= 0.3 is 0 Å². The minimum Gasteiger partial charge on any atom is -0.297 e. The van der Waals surface area contributed by atoms with Crippen molar-refractivity contribution in [2.75, 3.05) is 0 Å². The highest BCUT2D eigenvalue weighted by molar-refractivity contribution is 7.23. The van der Waals surface area contributed by atoms with Crippen LogP contribution in [0.2, 0.25) is 0 Å². The van der Waals surface area contributed by atoms with Crippen molar-refractivity contribution < 1.29 is 9.59 Å². The maximum Gasteiger partial charge on any atom is 0.162 e. The van der Waals surface area contributed by atoms with E-state index < -0.39 is 0 Å². The molecule has 0 aromatic carbocycles. The molecule has 2 heterocycles. The molecule has 18 heavy (non-hydrogen) atoms. The van der Waals surface area contributed by atoms with E-state index >= 15 is 0 Å². The van der Waals surface area contributed by atoms with E-state index in [4.69, 9.17) is 12.8 Å². The fourth-order valence-electron chi connectivity index (χ4n) is 1.21. The zero-order valence-corrected chi connectivity index (χ0v) is 10.5. The number of aldehydes is 2. The highest BCUT2D eigenvalue weighted by Crippen LogP contribution is 2.31. The lowest BCUT2D eigenvalue weighted by Crippen LogP contribution is -1.81. The average Bonchev–Trinajstić information content (AvgIpc) is 3.01. The highest BCUT2D eigenvalue weighted by atomic mass is 32.1. The predicted molar refractivity (Wildman–Crippen MR) is 69.9 cm³/mol. The van der Waals surface area contributed by atoms with Crippen molar-refractivity contribution in [1.29, 1.82) is 0 Å². The van der Waals surface area contributed by atoms with Gasteiger partial charge in [-0.05, 0) is 11.8 Å². The van der Waals surface area contributed by atoms with E-state index in [2.05, 4.69) is 21.8 Å². The molecule has 0 aliphatic carbocycles. The smallest absolute Gasteiger partial charge is 0.162 e. The molecule has 0 atom stereocenters. The Morgan fingerprint density at radius 2 is 1.28 bits per heavy atom. The Morgan fingerprint density at radius 3 is 1.50 bits per heavy atom. The molecule has 0 saturated carbocycles. The Hall–Kier alpha value is -2.28. The molecule has 2 aromatic heterocycles. The lowest BCUT2D eigenvalue weighted by atomic mass is 10.4. The van der Waals surface area contributed by atoms with Gasteiger partial charge in [-0.2, -0.15) is 0 Å². The van der Waals surface area contributed by atoms with Crippen LogP contribution in [0.4, 0.5) is 0 Å². The molecule has 0 radical (unpaired) electrons. The molecule has 4 nitrogen and oxygen atoms in total. The van der Waals surface area contributed by atoms with Gasteiger partial charge in [-0.25, -0.2) is 9.97 Å². The second-order valence-corrected chi connectivity index (χ2v) is 5.05. The SMILES string of the molecule is C#Cc1nc(-c2nc(C#C)c(C=O)s2)sc1C=O. The van der Waals surface area contributed by atoms with Gasteiger partial charge in [-0.3, -0.25) is 9.59 Å². The van der Waals surface area contributed by atoms with Gasteiger partial charge in [0, 0.05) is 0 Å². The van der Waals surface area contributed by atoms with Crippen LogP contribution in [-0.4, -0.2) is 22.5 Å². The van der Waals surface area contributed by atoms with Gasteiger partial charge in [0.2, 0.25) is 0 Å². The fraction of sp³-hybridized carbons (Fsp3) is 0. The van der Waals surface area contributed by atoms with E-state index in [0.717, 1.165) is 22.7 Å². The molecule has 86 valence electrons. The van der Waals surface area contributed by atoms with Gasteiger partial charge < -0.3 is 0 Å². The summed E-state index contributed by atoms with van der Waals surface area (Å²) in [7, 11) is 0. The molecule has 0 spiro atoms. The van der Waals surface area contributed by atoms with Crippen LogP contribution in [0.25, 0.3) is 10.0 Å². The number of hydrogen-bond acceptors (Lipinski definition) is 6. The molecule has 6 heteroatoms. The van der Waals surface area contributed by atoms with E-state index in [1.807, 2.05) is 0 Å². The zero-order chi connectivity index (χ0) is 13.1. The van der Waals surface area contributed by atoms with Crippen molar-refractivity contribution in [3.8, 4) is 34.7 Å². The number of rotatable bonds is 3. The van der Waals surface area contributed by atoms with Crippen LogP contribution in [-0.2, 0) is 0 Å². The van der Waals surface area contributed by atoms with Gasteiger partial charge in [0.15, 0.2) is 22.6 Å². The topological polar surface area (TPSA) is 59.9 Å². The number of carbonyl (C=O) groups is 2. The monoisotopic (exact) mass is 272 g/mol. The molecule has 0 saturated heterocycles. The summed E-state index contributed by atoms with van der Waals surface area (Å²) in [6.45, 7) is 0. The Balaban J connectivity index is 2.56. The first-order valence-electron chi connectivity index (χ1n) is 4.59. The summed E-state index contributed by atoms with van der Waals surface area (Å²) in [4.78, 5) is 30.5. The van der Waals surface area contributed by atoms with E-state index in [1.54, 1.807) is 0 Å². The molecule has 2 aromatic rings. The molecular weight excluding hydrogens is 268 g/mol. The maximum atomic E-state index is 10.8. The molecule has 0 unspecified atom stereocenters. The minimum atomic E-state index is 0.273. The lowest BCUT2D eigenvalue weighted by Gasteiger charge is -1.83. The average molecular weight is 272 g/mol. The Kier molecular flexibility index (Phi) is 3.33. The summed E-state index contributed by atoms with van der Waals surface area (Å²) in [6, 6.07) is 0. The third-order valence-corrected chi connectivity index (χ3v) is 4.08. The van der Waals surface area contributed by atoms with Crippen LogP contribution in [0.15, 0.2) is 0 Å². The molecule has 0 amide bonds. The third kappa shape index (κ3) is 1.95. The Labute approximate surface area is 111 Å². The van der Waals surface area contributed by atoms with Crippen molar-refractivity contribution in [3.05, 3.63) is 21.1 Å². The van der Waals surface area contributed by atoms with E-state index in [1.165, 1.54) is 0 Å². The van der Waals surface area contributed by atoms with Crippen molar-refractivity contribution in [2.45, 2.75) is 0 Å². The van der Waals surface area contributed by atoms with Gasteiger partial charge in [0.1, 0.15) is 21.1 Å². The van der Waals surface area contributed by atoms with Crippen LogP contribution >= 0.6 is 22.7 Å². The highest BCUT2D eigenvalue weighted by Gasteiger charge is 2.16. The normalized spacial score (nSPS) is 9.44. The predicted octanol–water partition coefficient (Wildman–Crippen LogP) is 1.85. The van der Waals surface area contributed by atoms with Crippen molar-refractivity contribution in [3.63, 3.8) is 0 Å². The van der Waals surface area contributed by atoms with Crippen LogP contribution in [0.3, 0.4) is 0 Å². The number of carbonyl (C=O) groups excluding carboxylic acids is 2. The van der Waals surface area contributed by atoms with E-state index in [9.17, 15) is 9.59 Å². The maximum absolute atomic E-state index is 10.8. The number of thiazole rings is 2. The quantitative estimate of drug-likeness (QED) is 0.632.